The van der Waals surface area contributed by atoms with Gasteiger partial charge in [0.2, 0.25) is 0 Å². The monoisotopic (exact) mass is 447 g/mol. The molecule has 0 saturated carbocycles. The Labute approximate surface area is 158 Å². The predicted molar refractivity (Wildman–Crippen MR) is 94.2 cm³/mol. The first-order valence-corrected chi connectivity index (χ1v) is 6.53. The number of hydrogen-bond acceptors (Lipinski definition) is 6. The molecule has 1 aromatic carbocycles. The molecule has 0 aliphatic heterocycles. The van der Waals surface area contributed by atoms with E-state index in [0.29, 0.717) is 0 Å². The van der Waals surface area contributed by atoms with Gasteiger partial charge in [-0.3, -0.25) is 18.4 Å². The van der Waals surface area contributed by atoms with Gasteiger partial charge in [-0.15, -0.1) is 0 Å². The van der Waals surface area contributed by atoms with Crippen LogP contribution in [0.4, 0.5) is 0 Å². The molecule has 0 atom stereocenters. The van der Waals surface area contributed by atoms with E-state index in [9.17, 15) is 0 Å². The Morgan fingerprint density at radius 3 is 1.23 bits per heavy atom. The van der Waals surface area contributed by atoms with Gasteiger partial charge >= 0.3 is 16.8 Å². The quantitative estimate of drug-likeness (QED) is 0.143. The van der Waals surface area contributed by atoms with E-state index in [1.165, 1.54) is 0 Å². The van der Waals surface area contributed by atoms with Gasteiger partial charge in [-0.1, -0.05) is 24.3 Å². The number of nitrogens with zero attached hydrogens (tertiary/aromatic N) is 2. The van der Waals surface area contributed by atoms with Crippen molar-refractivity contribution in [2.75, 3.05) is 0 Å². The second-order valence-electron chi connectivity index (χ2n) is 3.62. The Morgan fingerprint density at radius 2 is 0.962 bits per heavy atom. The van der Waals surface area contributed by atoms with Crippen molar-refractivity contribution < 1.29 is 67.2 Å². The Kier molecular flexibility index (Phi) is 25.1. The standard InChI is InChI=1S/C12H8N2.Co.H2O4S.6H2O/c1-3-9-5-6-10-4-2-8-14-12(10)11(9)13-7-1;;1-5(2,3)4;;;;;;/h1-8H;;(H2,1,2,3,4);6*1H2/q;+2;;;;;;;/p+2. The fourth-order valence-electron chi connectivity index (χ4n) is 1.68. The summed E-state index contributed by atoms with van der Waals surface area (Å²) in [6.07, 6.45) is 3.60. The molecule has 3 aromatic rings. The average Bonchev–Trinajstić information content (AvgIpc) is 2.37. The van der Waals surface area contributed by atoms with Crippen molar-refractivity contribution in [1.29, 1.82) is 0 Å². The molecule has 0 bridgehead atoms. The largest absolute Gasteiger partial charge is 2.00 e. The summed E-state index contributed by atoms with van der Waals surface area (Å²) in [6, 6.07) is 12.1. The molecule has 1 radical (unpaired) electrons. The number of hydrogen-bond donors (Lipinski definition) is 0. The van der Waals surface area contributed by atoms with Crippen molar-refractivity contribution in [3.8, 4) is 0 Å². The predicted octanol–water partition coefficient (Wildman–Crippen LogP) is -3.89. The van der Waals surface area contributed by atoms with Crippen molar-refractivity contribution in [3.63, 3.8) is 0 Å². The molecule has 0 fully saturated rings. The molecule has 153 valence electrons. The SMILES string of the molecule is O.O.O=S(=O)([O-])[O-].[Co+2].[OH3+].[OH3+].[OH3+].[OH3+].c1cnc2c(c1)ccc1cccnc12. The first kappa shape index (κ1) is 39.3. The molecule has 0 saturated heterocycles. The first-order chi connectivity index (χ1) is 8.95. The molecular weight excluding hydrogens is 423 g/mol. The zero-order valence-electron chi connectivity index (χ0n) is 13.2. The van der Waals surface area contributed by atoms with Crippen LogP contribution < -0.4 is 0 Å². The van der Waals surface area contributed by atoms with Crippen LogP contribution in [0.2, 0.25) is 0 Å². The third-order valence-electron chi connectivity index (χ3n) is 2.34. The van der Waals surface area contributed by atoms with Crippen LogP contribution in [0, 0.1) is 0 Å². The molecule has 0 aliphatic rings. The van der Waals surface area contributed by atoms with Gasteiger partial charge in [-0.2, -0.15) is 0 Å². The van der Waals surface area contributed by atoms with Crippen LogP contribution >= 0.6 is 0 Å². The van der Waals surface area contributed by atoms with Gasteiger partial charge in [0.25, 0.3) is 0 Å². The van der Waals surface area contributed by atoms with E-state index in [0.717, 1.165) is 21.8 Å². The zero-order chi connectivity index (χ0) is 13.9. The van der Waals surface area contributed by atoms with Crippen LogP contribution in [0.15, 0.2) is 48.8 Å². The van der Waals surface area contributed by atoms with Gasteiger partial charge in [-0.05, 0) is 12.1 Å². The number of fused-ring (bicyclic) bond motifs is 3. The van der Waals surface area contributed by atoms with Crippen LogP contribution in [0.3, 0.4) is 0 Å². The topological polar surface area (TPSA) is 301 Å². The number of benzene rings is 1. The maximum absolute atomic E-state index is 8.52. The molecule has 14 heteroatoms. The third-order valence-corrected chi connectivity index (χ3v) is 2.34. The van der Waals surface area contributed by atoms with E-state index < -0.39 is 10.4 Å². The fraction of sp³-hybridized carbons (Fsp3) is 0. The molecule has 12 nitrogen and oxygen atoms in total. The summed E-state index contributed by atoms with van der Waals surface area (Å²) in [5.74, 6) is 0. The minimum atomic E-state index is -5.17. The van der Waals surface area contributed by atoms with Crippen LogP contribution in [-0.4, -0.2) is 38.4 Å². The number of pyridine rings is 2. The maximum Gasteiger partial charge on any atom is 2.00 e. The first-order valence-electron chi connectivity index (χ1n) is 5.20. The fourth-order valence-corrected chi connectivity index (χ4v) is 1.68. The Bertz CT molecular complexity index is 771. The molecule has 26 heavy (non-hydrogen) atoms. The minimum Gasteiger partial charge on any atom is -0.759 e. The van der Waals surface area contributed by atoms with Gasteiger partial charge in [0.15, 0.2) is 0 Å². The normalized spacial score (nSPS) is 8.08. The molecule has 2 aromatic heterocycles. The van der Waals surface area contributed by atoms with Crippen molar-refractivity contribution in [1.82, 2.24) is 9.97 Å². The van der Waals surface area contributed by atoms with E-state index >= 15 is 0 Å². The molecule has 0 unspecified atom stereocenters. The molecule has 0 amide bonds. The van der Waals surface area contributed by atoms with Crippen LogP contribution in [0.1, 0.15) is 0 Å². The maximum atomic E-state index is 8.52. The molecular formula is C12H24CoN2O10S+4. The zero-order valence-corrected chi connectivity index (χ0v) is 15.1. The third kappa shape index (κ3) is 11.7. The summed E-state index contributed by atoms with van der Waals surface area (Å²) in [5, 5.41) is 2.28. The van der Waals surface area contributed by atoms with Gasteiger partial charge in [0, 0.05) is 33.6 Å². The molecule has 0 aliphatic carbocycles. The van der Waals surface area contributed by atoms with Crippen molar-refractivity contribution in [2.45, 2.75) is 0 Å². The second kappa shape index (κ2) is 16.6. The summed E-state index contributed by atoms with van der Waals surface area (Å²) in [7, 11) is -5.17. The summed E-state index contributed by atoms with van der Waals surface area (Å²) < 4.78 is 34.1. The summed E-state index contributed by atoms with van der Waals surface area (Å²) >= 11 is 0. The molecule has 16 N–H and O–H groups in total. The summed E-state index contributed by atoms with van der Waals surface area (Å²) in [4.78, 5) is 8.69. The van der Waals surface area contributed by atoms with E-state index in [2.05, 4.69) is 34.2 Å². The molecule has 0 spiro atoms. The Balaban J connectivity index is -0.0000000762. The number of aromatic nitrogens is 2. The van der Waals surface area contributed by atoms with Crippen molar-refractivity contribution in [3.05, 3.63) is 48.8 Å². The van der Waals surface area contributed by atoms with Gasteiger partial charge < -0.3 is 42.0 Å². The smallest absolute Gasteiger partial charge is 0.759 e. The van der Waals surface area contributed by atoms with E-state index in [1.54, 1.807) is 12.4 Å². The van der Waals surface area contributed by atoms with Crippen molar-refractivity contribution in [2.24, 2.45) is 0 Å². The van der Waals surface area contributed by atoms with Gasteiger partial charge in [0.05, 0.1) is 11.0 Å². The van der Waals surface area contributed by atoms with Crippen LogP contribution in [0.5, 0.6) is 0 Å². The summed E-state index contributed by atoms with van der Waals surface area (Å²) in [5.41, 5.74) is 1.95. The minimum absolute atomic E-state index is 0. The van der Waals surface area contributed by atoms with Gasteiger partial charge in [0.1, 0.15) is 0 Å². The van der Waals surface area contributed by atoms with Crippen LogP contribution in [0.25, 0.3) is 21.8 Å². The average molecular weight is 447 g/mol. The molecule has 3 rings (SSSR count). The number of rotatable bonds is 0. The summed E-state index contributed by atoms with van der Waals surface area (Å²) in [6.45, 7) is 0. The van der Waals surface area contributed by atoms with Crippen LogP contribution in [-0.2, 0) is 49.1 Å². The van der Waals surface area contributed by atoms with Gasteiger partial charge in [-0.25, -0.2) is 0 Å². The second-order valence-corrected chi connectivity index (χ2v) is 4.44. The van der Waals surface area contributed by atoms with E-state index in [4.69, 9.17) is 17.5 Å². The Morgan fingerprint density at radius 1 is 0.692 bits per heavy atom. The van der Waals surface area contributed by atoms with Crippen molar-refractivity contribution >= 4 is 32.2 Å². The molecule has 2 heterocycles. The van der Waals surface area contributed by atoms with E-state index in [-0.39, 0.29) is 49.6 Å². The van der Waals surface area contributed by atoms with E-state index in [1.807, 2.05) is 12.1 Å². The Hall–Kier alpha value is -1.82.